The van der Waals surface area contributed by atoms with Crippen LogP contribution in [0.2, 0.25) is 0 Å². The molecule has 0 amide bonds. The summed E-state index contributed by atoms with van der Waals surface area (Å²) >= 11 is 0. The summed E-state index contributed by atoms with van der Waals surface area (Å²) < 4.78 is 13.5. The van der Waals surface area contributed by atoms with Gasteiger partial charge < -0.3 is 10.6 Å². The van der Waals surface area contributed by atoms with Crippen molar-refractivity contribution < 1.29 is 4.39 Å². The van der Waals surface area contributed by atoms with Crippen molar-refractivity contribution in [3.8, 4) is 0 Å². The van der Waals surface area contributed by atoms with Crippen LogP contribution in [-0.2, 0) is 0 Å². The van der Waals surface area contributed by atoms with Crippen molar-refractivity contribution in [2.75, 3.05) is 11.4 Å². The third kappa shape index (κ3) is 2.09. The molecule has 1 heterocycles. The molecule has 1 aliphatic carbocycles. The van der Waals surface area contributed by atoms with Gasteiger partial charge in [-0.05, 0) is 37.0 Å². The molecule has 3 rings (SSSR count). The second kappa shape index (κ2) is 4.51. The summed E-state index contributed by atoms with van der Waals surface area (Å²) in [6.07, 6.45) is 4.61. The number of halogens is 1. The minimum atomic E-state index is -0.226. The molecule has 0 aromatic heterocycles. The molecule has 4 heteroatoms. The molecule has 1 aliphatic heterocycles. The molecule has 1 spiro atoms. The Hall–Kier alpha value is -1.58. The molecule has 1 saturated carbocycles. The lowest BCUT2D eigenvalue weighted by Crippen LogP contribution is -2.54. The Morgan fingerprint density at radius 3 is 3.05 bits per heavy atom. The molecule has 2 atom stereocenters. The first-order valence-corrected chi connectivity index (χ1v) is 6.96. The Morgan fingerprint density at radius 2 is 2.32 bits per heavy atom. The second-order valence-corrected chi connectivity index (χ2v) is 5.92. The molecule has 2 N–H and O–H groups in total. The van der Waals surface area contributed by atoms with Gasteiger partial charge in [0.15, 0.2) is 5.96 Å². The van der Waals surface area contributed by atoms with Gasteiger partial charge in [-0.25, -0.2) is 4.39 Å². The summed E-state index contributed by atoms with van der Waals surface area (Å²) in [5.74, 6) is 0.974. The number of rotatable bonds is 1. The lowest BCUT2D eigenvalue weighted by molar-refractivity contribution is 0.253. The Bertz CT molecular complexity index is 514. The molecule has 1 fully saturated rings. The van der Waals surface area contributed by atoms with E-state index in [1.807, 2.05) is 6.07 Å². The predicted molar refractivity (Wildman–Crippen MR) is 75.7 cm³/mol. The largest absolute Gasteiger partial charge is 0.369 e. The Balaban J connectivity index is 1.98. The highest BCUT2D eigenvalue weighted by Crippen LogP contribution is 2.41. The minimum Gasteiger partial charge on any atom is -0.369 e. The molecule has 102 valence electrons. The van der Waals surface area contributed by atoms with Crippen molar-refractivity contribution in [3.05, 3.63) is 30.1 Å². The SMILES string of the molecule is CC1CCCC2(CN=C(N)N2c2cccc(F)c2)C1. The third-order valence-electron chi connectivity index (χ3n) is 4.37. The van der Waals surface area contributed by atoms with E-state index in [1.54, 1.807) is 12.1 Å². The van der Waals surface area contributed by atoms with Crippen LogP contribution in [-0.4, -0.2) is 18.0 Å². The van der Waals surface area contributed by atoms with E-state index in [9.17, 15) is 4.39 Å². The van der Waals surface area contributed by atoms with Crippen LogP contribution in [0.1, 0.15) is 32.6 Å². The van der Waals surface area contributed by atoms with E-state index < -0.39 is 0 Å². The zero-order chi connectivity index (χ0) is 13.5. The normalized spacial score (nSPS) is 30.7. The van der Waals surface area contributed by atoms with Gasteiger partial charge in [0.1, 0.15) is 5.82 Å². The maximum Gasteiger partial charge on any atom is 0.196 e. The molecule has 3 nitrogen and oxygen atoms in total. The Labute approximate surface area is 113 Å². The molecule has 2 unspecified atom stereocenters. The Kier molecular flexibility index (Phi) is 2.96. The monoisotopic (exact) mass is 261 g/mol. The third-order valence-corrected chi connectivity index (χ3v) is 4.37. The smallest absolute Gasteiger partial charge is 0.196 e. The fraction of sp³-hybridized carbons (Fsp3) is 0.533. The van der Waals surface area contributed by atoms with Gasteiger partial charge in [-0.15, -0.1) is 0 Å². The molecule has 1 aromatic rings. The number of hydrogen-bond donors (Lipinski definition) is 1. The molecule has 0 bridgehead atoms. The molecule has 19 heavy (non-hydrogen) atoms. The number of aliphatic imine (C=N–C) groups is 1. The lowest BCUT2D eigenvalue weighted by Gasteiger charge is -2.44. The summed E-state index contributed by atoms with van der Waals surface area (Å²) in [7, 11) is 0. The number of benzene rings is 1. The average Bonchev–Trinajstić information content (AvgIpc) is 2.66. The first-order valence-electron chi connectivity index (χ1n) is 6.96. The van der Waals surface area contributed by atoms with Crippen molar-refractivity contribution in [1.29, 1.82) is 0 Å². The predicted octanol–water partition coefficient (Wildman–Crippen LogP) is 2.91. The zero-order valence-corrected chi connectivity index (χ0v) is 11.3. The second-order valence-electron chi connectivity index (χ2n) is 5.92. The van der Waals surface area contributed by atoms with Gasteiger partial charge in [0.2, 0.25) is 0 Å². The van der Waals surface area contributed by atoms with E-state index in [1.165, 1.54) is 18.9 Å². The number of anilines is 1. The van der Waals surface area contributed by atoms with E-state index >= 15 is 0 Å². The van der Waals surface area contributed by atoms with Gasteiger partial charge in [0.25, 0.3) is 0 Å². The van der Waals surface area contributed by atoms with Crippen molar-refractivity contribution >= 4 is 11.6 Å². The van der Waals surface area contributed by atoms with E-state index in [2.05, 4.69) is 16.8 Å². The summed E-state index contributed by atoms with van der Waals surface area (Å²) in [5.41, 5.74) is 6.86. The van der Waals surface area contributed by atoms with Crippen LogP contribution >= 0.6 is 0 Å². The van der Waals surface area contributed by atoms with Crippen molar-refractivity contribution in [3.63, 3.8) is 0 Å². The van der Waals surface area contributed by atoms with Crippen molar-refractivity contribution in [2.45, 2.75) is 38.1 Å². The van der Waals surface area contributed by atoms with Gasteiger partial charge in [0.05, 0.1) is 12.1 Å². The van der Waals surface area contributed by atoms with Crippen LogP contribution in [0.5, 0.6) is 0 Å². The number of nitrogens with two attached hydrogens (primary N) is 1. The average molecular weight is 261 g/mol. The molecule has 2 aliphatic rings. The van der Waals surface area contributed by atoms with Gasteiger partial charge in [-0.2, -0.15) is 0 Å². The molecule has 0 radical (unpaired) electrons. The molecule has 0 saturated heterocycles. The topological polar surface area (TPSA) is 41.6 Å². The zero-order valence-electron chi connectivity index (χ0n) is 11.3. The summed E-state index contributed by atoms with van der Waals surface area (Å²) in [4.78, 5) is 6.49. The van der Waals surface area contributed by atoms with Crippen molar-refractivity contribution in [1.82, 2.24) is 0 Å². The van der Waals surface area contributed by atoms with Crippen LogP contribution in [0.25, 0.3) is 0 Å². The number of hydrogen-bond acceptors (Lipinski definition) is 3. The molecular formula is C15H20FN3. The van der Waals surface area contributed by atoms with Crippen molar-refractivity contribution in [2.24, 2.45) is 16.6 Å². The fourth-order valence-electron chi connectivity index (χ4n) is 3.61. The maximum atomic E-state index is 13.5. The number of nitrogens with zero attached hydrogens (tertiary/aromatic N) is 2. The first-order chi connectivity index (χ1) is 9.11. The maximum absolute atomic E-state index is 13.5. The highest BCUT2D eigenvalue weighted by Gasteiger charge is 2.45. The van der Waals surface area contributed by atoms with E-state index in [0.717, 1.165) is 25.1 Å². The summed E-state index contributed by atoms with van der Waals surface area (Å²) in [6.45, 7) is 3.01. The Morgan fingerprint density at radius 1 is 1.47 bits per heavy atom. The van der Waals surface area contributed by atoms with E-state index in [-0.39, 0.29) is 11.4 Å². The van der Waals surface area contributed by atoms with Crippen LogP contribution in [0.3, 0.4) is 0 Å². The standard InChI is InChI=1S/C15H20FN3/c1-11-4-3-7-15(9-11)10-18-14(17)19(15)13-6-2-5-12(16)8-13/h2,5-6,8,11H,3-4,7,9-10H2,1H3,(H2,17,18). The highest BCUT2D eigenvalue weighted by atomic mass is 19.1. The lowest BCUT2D eigenvalue weighted by atomic mass is 9.75. The van der Waals surface area contributed by atoms with E-state index in [4.69, 9.17) is 5.73 Å². The molecule has 1 aromatic carbocycles. The quantitative estimate of drug-likeness (QED) is 0.844. The van der Waals surface area contributed by atoms with E-state index in [0.29, 0.717) is 11.9 Å². The van der Waals surface area contributed by atoms with Crippen LogP contribution < -0.4 is 10.6 Å². The van der Waals surface area contributed by atoms with Crippen LogP contribution in [0.15, 0.2) is 29.3 Å². The summed E-state index contributed by atoms with van der Waals surface area (Å²) in [5, 5.41) is 0. The van der Waals surface area contributed by atoms with Gasteiger partial charge in [0, 0.05) is 5.69 Å². The first kappa shape index (κ1) is 12.5. The summed E-state index contributed by atoms with van der Waals surface area (Å²) in [6, 6.07) is 6.66. The van der Waals surface area contributed by atoms with Crippen LogP contribution in [0, 0.1) is 11.7 Å². The van der Waals surface area contributed by atoms with Gasteiger partial charge >= 0.3 is 0 Å². The molecular weight excluding hydrogens is 241 g/mol. The highest BCUT2D eigenvalue weighted by molar-refractivity contribution is 5.98. The van der Waals surface area contributed by atoms with Gasteiger partial charge in [-0.1, -0.05) is 25.8 Å². The fourth-order valence-corrected chi connectivity index (χ4v) is 3.61. The van der Waals surface area contributed by atoms with Crippen LogP contribution in [0.4, 0.5) is 10.1 Å². The minimum absolute atomic E-state index is 0.0322. The number of guanidine groups is 1. The van der Waals surface area contributed by atoms with Gasteiger partial charge in [-0.3, -0.25) is 4.99 Å².